The van der Waals surface area contributed by atoms with Crippen molar-refractivity contribution in [2.24, 2.45) is 0 Å². The van der Waals surface area contributed by atoms with Gasteiger partial charge < -0.3 is 14.4 Å². The summed E-state index contributed by atoms with van der Waals surface area (Å²) in [4.78, 5) is 10.9. The smallest absolute Gasteiger partial charge is 0.339 e. The molecule has 1 heterocycles. The molecule has 0 spiro atoms. The SMILES string of the molecule is Cc1cc(COc2ccccc2C(=O)O)on1. The molecule has 0 aliphatic rings. The molecule has 5 heteroatoms. The van der Waals surface area contributed by atoms with Gasteiger partial charge in [-0.1, -0.05) is 17.3 Å². The third-order valence-electron chi connectivity index (χ3n) is 2.16. The van der Waals surface area contributed by atoms with Gasteiger partial charge in [0.2, 0.25) is 0 Å². The van der Waals surface area contributed by atoms with Gasteiger partial charge in [-0.25, -0.2) is 4.79 Å². The molecule has 0 radical (unpaired) electrons. The summed E-state index contributed by atoms with van der Waals surface area (Å²) in [6.07, 6.45) is 0. The minimum Gasteiger partial charge on any atom is -0.485 e. The fourth-order valence-electron chi connectivity index (χ4n) is 1.40. The molecule has 0 aliphatic heterocycles. The lowest BCUT2D eigenvalue weighted by Gasteiger charge is -2.06. The highest BCUT2D eigenvalue weighted by Gasteiger charge is 2.11. The van der Waals surface area contributed by atoms with Crippen molar-refractivity contribution in [1.29, 1.82) is 0 Å². The lowest BCUT2D eigenvalue weighted by molar-refractivity contribution is 0.0691. The van der Waals surface area contributed by atoms with Crippen LogP contribution in [0, 0.1) is 6.92 Å². The zero-order chi connectivity index (χ0) is 12.3. The number of nitrogens with zero attached hydrogens (tertiary/aromatic N) is 1. The van der Waals surface area contributed by atoms with Gasteiger partial charge in [-0.2, -0.15) is 0 Å². The number of benzene rings is 1. The molecule has 0 saturated heterocycles. The first kappa shape index (κ1) is 11.2. The van der Waals surface area contributed by atoms with Crippen LogP contribution in [-0.2, 0) is 6.61 Å². The summed E-state index contributed by atoms with van der Waals surface area (Å²) in [5.41, 5.74) is 0.888. The number of carboxylic acid groups (broad SMARTS) is 1. The monoisotopic (exact) mass is 233 g/mol. The second-order valence-corrected chi connectivity index (χ2v) is 3.52. The second-order valence-electron chi connectivity index (χ2n) is 3.52. The van der Waals surface area contributed by atoms with Gasteiger partial charge in [-0.3, -0.25) is 0 Å². The number of aromatic nitrogens is 1. The Hall–Kier alpha value is -2.30. The average Bonchev–Trinajstić information content (AvgIpc) is 2.73. The Morgan fingerprint density at radius 2 is 2.24 bits per heavy atom. The highest BCUT2D eigenvalue weighted by Crippen LogP contribution is 2.19. The maximum atomic E-state index is 10.9. The highest BCUT2D eigenvalue weighted by molar-refractivity contribution is 5.90. The van der Waals surface area contributed by atoms with E-state index < -0.39 is 5.97 Å². The van der Waals surface area contributed by atoms with Gasteiger partial charge in [0.15, 0.2) is 5.76 Å². The molecule has 0 saturated carbocycles. The van der Waals surface area contributed by atoms with Crippen molar-refractivity contribution >= 4 is 5.97 Å². The molecule has 2 rings (SSSR count). The molecule has 0 amide bonds. The fourth-order valence-corrected chi connectivity index (χ4v) is 1.40. The Labute approximate surface area is 97.6 Å². The number of ether oxygens (including phenoxy) is 1. The van der Waals surface area contributed by atoms with Crippen LogP contribution in [-0.4, -0.2) is 16.2 Å². The van der Waals surface area contributed by atoms with E-state index in [-0.39, 0.29) is 12.2 Å². The highest BCUT2D eigenvalue weighted by atomic mass is 16.5. The van der Waals surface area contributed by atoms with E-state index in [1.807, 2.05) is 0 Å². The predicted octanol–water partition coefficient (Wildman–Crippen LogP) is 2.26. The van der Waals surface area contributed by atoms with Crippen molar-refractivity contribution in [1.82, 2.24) is 5.16 Å². The van der Waals surface area contributed by atoms with Crippen LogP contribution >= 0.6 is 0 Å². The lowest BCUT2D eigenvalue weighted by atomic mass is 10.2. The van der Waals surface area contributed by atoms with Crippen LogP contribution in [0.15, 0.2) is 34.9 Å². The second kappa shape index (κ2) is 4.69. The molecule has 0 fully saturated rings. The minimum absolute atomic E-state index is 0.128. The van der Waals surface area contributed by atoms with Crippen LogP contribution in [0.4, 0.5) is 0 Å². The van der Waals surface area contributed by atoms with E-state index in [1.54, 1.807) is 31.2 Å². The van der Waals surface area contributed by atoms with Crippen LogP contribution in [0.2, 0.25) is 0 Å². The van der Waals surface area contributed by atoms with Gasteiger partial charge in [0.1, 0.15) is 17.9 Å². The average molecular weight is 233 g/mol. The number of carboxylic acids is 1. The molecule has 1 aromatic heterocycles. The summed E-state index contributed by atoms with van der Waals surface area (Å²) in [6, 6.07) is 8.20. The Balaban J connectivity index is 2.11. The topological polar surface area (TPSA) is 72.6 Å². The zero-order valence-corrected chi connectivity index (χ0v) is 9.21. The normalized spacial score (nSPS) is 10.2. The third kappa shape index (κ3) is 2.63. The summed E-state index contributed by atoms with van der Waals surface area (Å²) in [6.45, 7) is 1.96. The Bertz CT molecular complexity index is 533. The number of para-hydroxylation sites is 1. The molecular formula is C12H11NO4. The van der Waals surface area contributed by atoms with E-state index in [0.717, 1.165) is 5.69 Å². The maximum absolute atomic E-state index is 10.9. The van der Waals surface area contributed by atoms with Crippen molar-refractivity contribution in [3.05, 3.63) is 47.3 Å². The minimum atomic E-state index is -1.02. The first-order valence-corrected chi connectivity index (χ1v) is 5.04. The Morgan fingerprint density at radius 3 is 2.88 bits per heavy atom. The van der Waals surface area contributed by atoms with E-state index in [1.165, 1.54) is 6.07 Å². The predicted molar refractivity (Wildman–Crippen MR) is 59.0 cm³/mol. The number of aromatic carboxylic acids is 1. The Morgan fingerprint density at radius 1 is 1.47 bits per heavy atom. The van der Waals surface area contributed by atoms with Crippen LogP contribution in [0.5, 0.6) is 5.75 Å². The van der Waals surface area contributed by atoms with Crippen molar-refractivity contribution in [2.45, 2.75) is 13.5 Å². The van der Waals surface area contributed by atoms with Crippen LogP contribution in [0.25, 0.3) is 0 Å². The maximum Gasteiger partial charge on any atom is 0.339 e. The molecular weight excluding hydrogens is 222 g/mol. The van der Waals surface area contributed by atoms with Gasteiger partial charge >= 0.3 is 5.97 Å². The zero-order valence-electron chi connectivity index (χ0n) is 9.21. The molecule has 2 aromatic rings. The first-order chi connectivity index (χ1) is 8.16. The molecule has 0 aliphatic carbocycles. The molecule has 5 nitrogen and oxygen atoms in total. The van der Waals surface area contributed by atoms with Gasteiger partial charge in [0.25, 0.3) is 0 Å². The van der Waals surface area contributed by atoms with E-state index in [2.05, 4.69) is 5.16 Å². The van der Waals surface area contributed by atoms with E-state index in [0.29, 0.717) is 11.5 Å². The van der Waals surface area contributed by atoms with E-state index in [9.17, 15) is 4.79 Å². The van der Waals surface area contributed by atoms with Gasteiger partial charge in [0.05, 0.1) is 5.69 Å². The number of hydrogen-bond donors (Lipinski definition) is 1. The number of aryl methyl sites for hydroxylation is 1. The molecule has 0 atom stereocenters. The molecule has 88 valence electrons. The van der Waals surface area contributed by atoms with Crippen molar-refractivity contribution in [3.8, 4) is 5.75 Å². The van der Waals surface area contributed by atoms with E-state index >= 15 is 0 Å². The molecule has 17 heavy (non-hydrogen) atoms. The van der Waals surface area contributed by atoms with Gasteiger partial charge in [-0.15, -0.1) is 0 Å². The third-order valence-corrected chi connectivity index (χ3v) is 2.16. The Kier molecular flexibility index (Phi) is 3.09. The van der Waals surface area contributed by atoms with Crippen molar-refractivity contribution in [3.63, 3.8) is 0 Å². The summed E-state index contributed by atoms with van der Waals surface area (Å²) in [5, 5.41) is 12.7. The standard InChI is InChI=1S/C12H11NO4/c1-8-6-9(17-13-8)7-16-11-5-3-2-4-10(11)12(14)15/h2-6H,7H2,1H3,(H,14,15). The quantitative estimate of drug-likeness (QED) is 0.876. The summed E-state index contributed by atoms with van der Waals surface area (Å²) < 4.78 is 10.3. The van der Waals surface area contributed by atoms with Crippen LogP contribution in [0.1, 0.15) is 21.8 Å². The number of carbonyl (C=O) groups is 1. The largest absolute Gasteiger partial charge is 0.485 e. The fraction of sp³-hybridized carbons (Fsp3) is 0.167. The van der Waals surface area contributed by atoms with Crippen LogP contribution in [0.3, 0.4) is 0 Å². The van der Waals surface area contributed by atoms with Crippen molar-refractivity contribution < 1.29 is 19.2 Å². The molecule has 0 unspecified atom stereocenters. The summed E-state index contributed by atoms with van der Waals surface area (Å²) >= 11 is 0. The summed E-state index contributed by atoms with van der Waals surface area (Å²) in [5.74, 6) is -0.147. The molecule has 0 bridgehead atoms. The van der Waals surface area contributed by atoms with Crippen LogP contribution < -0.4 is 4.74 Å². The molecule has 1 aromatic carbocycles. The van der Waals surface area contributed by atoms with Gasteiger partial charge in [0, 0.05) is 6.07 Å². The number of rotatable bonds is 4. The molecule has 1 N–H and O–H groups in total. The first-order valence-electron chi connectivity index (χ1n) is 5.04. The number of hydrogen-bond acceptors (Lipinski definition) is 4. The van der Waals surface area contributed by atoms with E-state index in [4.69, 9.17) is 14.4 Å². The lowest BCUT2D eigenvalue weighted by Crippen LogP contribution is -2.02. The summed E-state index contributed by atoms with van der Waals surface area (Å²) in [7, 11) is 0. The van der Waals surface area contributed by atoms with Gasteiger partial charge in [-0.05, 0) is 19.1 Å². The van der Waals surface area contributed by atoms with Crippen molar-refractivity contribution in [2.75, 3.05) is 0 Å².